The molecule has 0 spiro atoms. The van der Waals surface area contributed by atoms with E-state index in [2.05, 4.69) is 5.32 Å². The van der Waals surface area contributed by atoms with Crippen LogP contribution in [0.5, 0.6) is 0 Å². The second-order valence-corrected chi connectivity index (χ2v) is 7.22. The average molecular weight is 376 g/mol. The fraction of sp³-hybridized carbons (Fsp3) is 0.381. The molecule has 0 radical (unpaired) electrons. The zero-order valence-electron chi connectivity index (χ0n) is 14.8. The van der Waals surface area contributed by atoms with Crippen LogP contribution in [0, 0.1) is 5.82 Å². The predicted molar refractivity (Wildman–Crippen MR) is 101 cm³/mol. The van der Waals surface area contributed by atoms with Gasteiger partial charge in [-0.2, -0.15) is 0 Å². The number of amides is 1. The maximum absolute atomic E-state index is 13.5. The molecule has 3 nitrogen and oxygen atoms in total. The molecular weight excluding hydrogens is 353 g/mol. The van der Waals surface area contributed by atoms with Crippen molar-refractivity contribution < 1.29 is 13.9 Å². The SMILES string of the molecule is COC(CNC(=O)C1(c2ccc(Cl)cc2)CCCC1)c1cccc(F)c1. The van der Waals surface area contributed by atoms with Gasteiger partial charge in [-0.25, -0.2) is 4.39 Å². The van der Waals surface area contributed by atoms with Gasteiger partial charge in [0.25, 0.3) is 0 Å². The molecule has 0 heterocycles. The number of carbonyl (C=O) groups excluding carboxylic acids is 1. The molecule has 1 aliphatic rings. The molecule has 1 N–H and O–H groups in total. The zero-order chi connectivity index (χ0) is 18.6. The highest BCUT2D eigenvalue weighted by Gasteiger charge is 2.42. The smallest absolute Gasteiger partial charge is 0.230 e. The summed E-state index contributed by atoms with van der Waals surface area (Å²) in [7, 11) is 1.56. The molecule has 1 fully saturated rings. The van der Waals surface area contributed by atoms with Gasteiger partial charge < -0.3 is 10.1 Å². The Bertz CT molecular complexity index is 757. The third-order valence-corrected chi connectivity index (χ3v) is 5.49. The molecule has 1 saturated carbocycles. The quantitative estimate of drug-likeness (QED) is 0.787. The summed E-state index contributed by atoms with van der Waals surface area (Å²) >= 11 is 6.00. The van der Waals surface area contributed by atoms with Gasteiger partial charge in [0.15, 0.2) is 0 Å². The maximum Gasteiger partial charge on any atom is 0.230 e. The van der Waals surface area contributed by atoms with E-state index >= 15 is 0 Å². The van der Waals surface area contributed by atoms with Crippen molar-refractivity contribution in [1.29, 1.82) is 0 Å². The first-order valence-electron chi connectivity index (χ1n) is 8.88. The Labute approximate surface area is 158 Å². The molecule has 1 aliphatic carbocycles. The number of methoxy groups -OCH3 is 1. The van der Waals surface area contributed by atoms with Gasteiger partial charge in [-0.3, -0.25) is 4.79 Å². The summed E-state index contributed by atoms with van der Waals surface area (Å²) < 4.78 is 18.9. The molecular formula is C21H23ClFNO2. The molecule has 1 unspecified atom stereocenters. The highest BCUT2D eigenvalue weighted by molar-refractivity contribution is 6.30. The fourth-order valence-electron chi connectivity index (χ4n) is 3.79. The first kappa shape index (κ1) is 18.9. The van der Waals surface area contributed by atoms with Crippen LogP contribution < -0.4 is 5.32 Å². The van der Waals surface area contributed by atoms with Gasteiger partial charge in [0.1, 0.15) is 5.82 Å². The highest BCUT2D eigenvalue weighted by atomic mass is 35.5. The minimum Gasteiger partial charge on any atom is -0.375 e. The van der Waals surface area contributed by atoms with Crippen LogP contribution in [0.4, 0.5) is 4.39 Å². The molecule has 0 saturated heterocycles. The number of halogens is 2. The Morgan fingerprint density at radius 3 is 2.54 bits per heavy atom. The van der Waals surface area contributed by atoms with E-state index in [-0.39, 0.29) is 11.7 Å². The second kappa shape index (κ2) is 8.19. The number of rotatable bonds is 6. The first-order valence-corrected chi connectivity index (χ1v) is 9.25. The lowest BCUT2D eigenvalue weighted by atomic mass is 9.78. The summed E-state index contributed by atoms with van der Waals surface area (Å²) in [5, 5.41) is 3.69. The van der Waals surface area contributed by atoms with Crippen molar-refractivity contribution in [3.63, 3.8) is 0 Å². The van der Waals surface area contributed by atoms with Crippen molar-refractivity contribution in [2.24, 2.45) is 0 Å². The third-order valence-electron chi connectivity index (χ3n) is 5.24. The van der Waals surface area contributed by atoms with E-state index in [4.69, 9.17) is 16.3 Å². The number of ether oxygens (including phenoxy) is 1. The number of carbonyl (C=O) groups is 1. The Morgan fingerprint density at radius 2 is 1.92 bits per heavy atom. The number of nitrogens with one attached hydrogen (secondary N) is 1. The summed E-state index contributed by atoms with van der Waals surface area (Å²) in [6.07, 6.45) is 3.29. The van der Waals surface area contributed by atoms with Gasteiger partial charge >= 0.3 is 0 Å². The van der Waals surface area contributed by atoms with Gasteiger partial charge in [-0.05, 0) is 48.2 Å². The van der Waals surface area contributed by atoms with E-state index < -0.39 is 11.5 Å². The molecule has 0 aromatic heterocycles. The van der Waals surface area contributed by atoms with Crippen LogP contribution in [0.2, 0.25) is 5.02 Å². The van der Waals surface area contributed by atoms with Crippen molar-refractivity contribution >= 4 is 17.5 Å². The molecule has 2 aromatic carbocycles. The molecule has 0 bridgehead atoms. The Hall–Kier alpha value is -1.91. The maximum atomic E-state index is 13.5. The minimum atomic E-state index is -0.523. The van der Waals surface area contributed by atoms with Crippen LogP contribution in [0.15, 0.2) is 48.5 Å². The second-order valence-electron chi connectivity index (χ2n) is 6.79. The molecule has 0 aliphatic heterocycles. The standard InChI is InChI=1S/C21H23ClFNO2/c1-26-19(15-5-4-6-18(23)13-15)14-24-20(25)21(11-2-3-12-21)16-7-9-17(22)10-8-16/h4-10,13,19H,2-3,11-12,14H2,1H3,(H,24,25). The van der Waals surface area contributed by atoms with Gasteiger partial charge in [-0.15, -0.1) is 0 Å². The van der Waals surface area contributed by atoms with Crippen molar-refractivity contribution in [2.45, 2.75) is 37.2 Å². The summed E-state index contributed by atoms with van der Waals surface area (Å²) in [6.45, 7) is 0.300. The molecule has 138 valence electrons. The molecule has 3 rings (SSSR count). The number of benzene rings is 2. The van der Waals surface area contributed by atoms with Crippen LogP contribution in [0.3, 0.4) is 0 Å². The van der Waals surface area contributed by atoms with Crippen LogP contribution in [-0.2, 0) is 14.9 Å². The molecule has 2 aromatic rings. The van der Waals surface area contributed by atoms with Crippen molar-refractivity contribution in [1.82, 2.24) is 5.32 Å². The van der Waals surface area contributed by atoms with Crippen molar-refractivity contribution in [3.05, 3.63) is 70.5 Å². The number of hydrogen-bond donors (Lipinski definition) is 1. The Kier molecular flexibility index (Phi) is 5.94. The van der Waals surface area contributed by atoms with E-state index in [1.807, 2.05) is 24.3 Å². The summed E-state index contributed by atoms with van der Waals surface area (Å²) in [4.78, 5) is 13.1. The van der Waals surface area contributed by atoms with Crippen LogP contribution in [0.25, 0.3) is 0 Å². The molecule has 5 heteroatoms. The lowest BCUT2D eigenvalue weighted by molar-refractivity contribution is -0.127. The lowest BCUT2D eigenvalue weighted by Crippen LogP contribution is -2.44. The van der Waals surface area contributed by atoms with E-state index in [1.165, 1.54) is 12.1 Å². The largest absolute Gasteiger partial charge is 0.375 e. The highest BCUT2D eigenvalue weighted by Crippen LogP contribution is 2.41. The topological polar surface area (TPSA) is 38.3 Å². The zero-order valence-corrected chi connectivity index (χ0v) is 15.6. The van der Waals surface area contributed by atoms with Crippen LogP contribution in [0.1, 0.15) is 42.9 Å². The summed E-state index contributed by atoms with van der Waals surface area (Å²) in [6, 6.07) is 13.8. The Morgan fingerprint density at radius 1 is 1.23 bits per heavy atom. The van der Waals surface area contributed by atoms with E-state index in [9.17, 15) is 9.18 Å². The average Bonchev–Trinajstić information content (AvgIpc) is 3.14. The van der Waals surface area contributed by atoms with E-state index in [0.29, 0.717) is 17.1 Å². The van der Waals surface area contributed by atoms with Crippen LogP contribution >= 0.6 is 11.6 Å². The van der Waals surface area contributed by atoms with E-state index in [0.717, 1.165) is 31.2 Å². The molecule has 26 heavy (non-hydrogen) atoms. The molecule has 1 atom stereocenters. The first-order chi connectivity index (χ1) is 12.5. The molecule has 1 amide bonds. The van der Waals surface area contributed by atoms with Gasteiger partial charge in [0, 0.05) is 18.7 Å². The predicted octanol–water partition coefficient (Wildman–Crippen LogP) is 4.79. The number of hydrogen-bond acceptors (Lipinski definition) is 2. The fourth-order valence-corrected chi connectivity index (χ4v) is 3.92. The van der Waals surface area contributed by atoms with Crippen molar-refractivity contribution in [2.75, 3.05) is 13.7 Å². The normalized spacial score (nSPS) is 17.0. The van der Waals surface area contributed by atoms with Gasteiger partial charge in [-0.1, -0.05) is 48.7 Å². The third kappa shape index (κ3) is 3.92. The van der Waals surface area contributed by atoms with Gasteiger partial charge in [0.05, 0.1) is 11.5 Å². The minimum absolute atomic E-state index is 0.00391. The monoisotopic (exact) mass is 375 g/mol. The van der Waals surface area contributed by atoms with Gasteiger partial charge in [0.2, 0.25) is 5.91 Å². The summed E-state index contributed by atoms with van der Waals surface area (Å²) in [5.74, 6) is -0.319. The van der Waals surface area contributed by atoms with Crippen LogP contribution in [-0.4, -0.2) is 19.6 Å². The van der Waals surface area contributed by atoms with Crippen molar-refractivity contribution in [3.8, 4) is 0 Å². The van der Waals surface area contributed by atoms with E-state index in [1.54, 1.807) is 19.2 Å². The summed E-state index contributed by atoms with van der Waals surface area (Å²) in [5.41, 5.74) is 1.18. The lowest BCUT2D eigenvalue weighted by Gasteiger charge is -2.29. The Balaban J connectivity index is 1.75.